The highest BCUT2D eigenvalue weighted by molar-refractivity contribution is 7.89. The first kappa shape index (κ1) is 15.5. The lowest BCUT2D eigenvalue weighted by atomic mass is 9.99. The predicted octanol–water partition coefficient (Wildman–Crippen LogP) is -0.535. The van der Waals surface area contributed by atoms with Crippen LogP contribution in [0.5, 0.6) is 0 Å². The number of carbonyl (C=O) groups excluding carboxylic acids is 1. The van der Waals surface area contributed by atoms with Crippen LogP contribution in [0.25, 0.3) is 0 Å². The normalized spacial score (nSPS) is 22.5. The molecule has 21 heavy (non-hydrogen) atoms. The number of amides is 1. The number of rotatable bonds is 3. The number of aryl methyl sites for hydroxylation is 1. The Balaban J connectivity index is 2.26. The SMILES string of the molecule is CC1CN(C(=O)c2cc(S(N)(=O)=O)cn2C)CC1C(=O)O. The van der Waals surface area contributed by atoms with Crippen LogP contribution < -0.4 is 5.14 Å². The summed E-state index contributed by atoms with van der Waals surface area (Å²) in [7, 11) is -2.34. The fourth-order valence-corrected chi connectivity index (χ4v) is 3.10. The van der Waals surface area contributed by atoms with Gasteiger partial charge in [0.1, 0.15) is 10.6 Å². The van der Waals surface area contributed by atoms with Crippen molar-refractivity contribution in [2.45, 2.75) is 11.8 Å². The van der Waals surface area contributed by atoms with Crippen molar-refractivity contribution in [2.24, 2.45) is 24.0 Å². The summed E-state index contributed by atoms with van der Waals surface area (Å²) in [6.45, 7) is 2.21. The fraction of sp³-hybridized carbons (Fsp3) is 0.500. The highest BCUT2D eigenvalue weighted by Gasteiger charge is 2.38. The van der Waals surface area contributed by atoms with Crippen LogP contribution in [0.15, 0.2) is 17.2 Å². The topological polar surface area (TPSA) is 123 Å². The van der Waals surface area contributed by atoms with Gasteiger partial charge >= 0.3 is 5.97 Å². The number of hydrogen-bond donors (Lipinski definition) is 2. The monoisotopic (exact) mass is 315 g/mol. The molecule has 1 aromatic heterocycles. The van der Waals surface area contributed by atoms with Gasteiger partial charge in [-0.25, -0.2) is 13.6 Å². The van der Waals surface area contributed by atoms with E-state index in [-0.39, 0.29) is 23.1 Å². The van der Waals surface area contributed by atoms with E-state index in [1.54, 1.807) is 6.92 Å². The minimum Gasteiger partial charge on any atom is -0.481 e. The highest BCUT2D eigenvalue weighted by Crippen LogP contribution is 2.25. The van der Waals surface area contributed by atoms with Crippen molar-refractivity contribution in [3.63, 3.8) is 0 Å². The summed E-state index contributed by atoms with van der Waals surface area (Å²) in [4.78, 5) is 24.8. The minimum absolute atomic E-state index is 0.116. The molecule has 2 heterocycles. The summed E-state index contributed by atoms with van der Waals surface area (Å²) >= 11 is 0. The lowest BCUT2D eigenvalue weighted by Gasteiger charge is -2.16. The Morgan fingerprint density at radius 1 is 1.38 bits per heavy atom. The number of nitrogens with zero attached hydrogens (tertiary/aromatic N) is 2. The number of sulfonamides is 1. The molecule has 1 aliphatic rings. The van der Waals surface area contributed by atoms with Crippen LogP contribution in [-0.2, 0) is 21.9 Å². The van der Waals surface area contributed by atoms with Gasteiger partial charge in [0.2, 0.25) is 10.0 Å². The number of aliphatic carboxylic acids is 1. The zero-order chi connectivity index (χ0) is 15.9. The number of aromatic nitrogens is 1. The molecule has 2 rings (SSSR count). The van der Waals surface area contributed by atoms with Crippen molar-refractivity contribution in [2.75, 3.05) is 13.1 Å². The molecule has 0 spiro atoms. The van der Waals surface area contributed by atoms with Crippen LogP contribution in [0.1, 0.15) is 17.4 Å². The first-order valence-electron chi connectivity index (χ1n) is 6.32. The molecule has 3 N–H and O–H groups in total. The summed E-state index contributed by atoms with van der Waals surface area (Å²) < 4.78 is 24.0. The first-order chi connectivity index (χ1) is 9.61. The van der Waals surface area contributed by atoms with Gasteiger partial charge in [0.25, 0.3) is 5.91 Å². The van der Waals surface area contributed by atoms with Crippen LogP contribution in [0, 0.1) is 11.8 Å². The molecule has 0 aromatic carbocycles. The van der Waals surface area contributed by atoms with E-state index in [0.29, 0.717) is 6.54 Å². The van der Waals surface area contributed by atoms with Crippen LogP contribution in [0.3, 0.4) is 0 Å². The lowest BCUT2D eigenvalue weighted by Crippen LogP contribution is -2.31. The maximum atomic E-state index is 12.4. The molecule has 8 nitrogen and oxygen atoms in total. The van der Waals surface area contributed by atoms with Gasteiger partial charge < -0.3 is 14.6 Å². The Labute approximate surface area is 122 Å². The molecule has 1 aliphatic heterocycles. The van der Waals surface area contributed by atoms with Crippen LogP contribution in [0.2, 0.25) is 0 Å². The first-order valence-corrected chi connectivity index (χ1v) is 7.87. The predicted molar refractivity (Wildman–Crippen MR) is 73.0 cm³/mol. The van der Waals surface area contributed by atoms with Gasteiger partial charge in [-0.05, 0) is 12.0 Å². The number of nitrogens with two attached hydrogens (primary N) is 1. The Kier molecular flexibility index (Phi) is 3.81. The average Bonchev–Trinajstić information content (AvgIpc) is 2.91. The lowest BCUT2D eigenvalue weighted by molar-refractivity contribution is -0.142. The van der Waals surface area contributed by atoms with Crippen molar-refractivity contribution in [3.8, 4) is 0 Å². The molecule has 1 amide bonds. The summed E-state index contributed by atoms with van der Waals surface area (Å²) in [5, 5.41) is 14.1. The number of hydrogen-bond acceptors (Lipinski definition) is 4. The van der Waals surface area contributed by atoms with Crippen LogP contribution >= 0.6 is 0 Å². The van der Waals surface area contributed by atoms with Crippen molar-refractivity contribution in [1.82, 2.24) is 9.47 Å². The van der Waals surface area contributed by atoms with Gasteiger partial charge in [0.15, 0.2) is 0 Å². The van der Waals surface area contributed by atoms with Crippen molar-refractivity contribution in [1.29, 1.82) is 0 Å². The zero-order valence-corrected chi connectivity index (χ0v) is 12.5. The molecule has 1 fully saturated rings. The molecule has 1 saturated heterocycles. The average molecular weight is 315 g/mol. The quantitative estimate of drug-likeness (QED) is 0.776. The van der Waals surface area contributed by atoms with Crippen LogP contribution in [-0.4, -0.2) is 48.0 Å². The summed E-state index contributed by atoms with van der Waals surface area (Å²) in [5.41, 5.74) is 0.164. The number of carboxylic acids is 1. The molecule has 2 unspecified atom stereocenters. The molecule has 0 bridgehead atoms. The highest BCUT2D eigenvalue weighted by atomic mass is 32.2. The van der Waals surface area contributed by atoms with Crippen molar-refractivity contribution < 1.29 is 23.1 Å². The van der Waals surface area contributed by atoms with Crippen molar-refractivity contribution in [3.05, 3.63) is 18.0 Å². The molecule has 2 atom stereocenters. The molecular weight excluding hydrogens is 298 g/mol. The third kappa shape index (κ3) is 2.93. The third-order valence-corrected chi connectivity index (χ3v) is 4.62. The van der Waals surface area contributed by atoms with Gasteiger partial charge in [-0.2, -0.15) is 0 Å². The standard InChI is InChI=1S/C12H17N3O5S/c1-7-4-15(6-9(7)12(17)18)11(16)10-3-8(5-14(10)2)21(13,19)20/h3,5,7,9H,4,6H2,1-2H3,(H,17,18)(H2,13,19,20). The third-order valence-electron chi connectivity index (χ3n) is 3.74. The number of carboxylic acid groups (broad SMARTS) is 1. The molecule has 116 valence electrons. The zero-order valence-electron chi connectivity index (χ0n) is 11.7. The van der Waals surface area contributed by atoms with Crippen LogP contribution in [0.4, 0.5) is 0 Å². The summed E-state index contributed by atoms with van der Waals surface area (Å²) in [5.74, 6) is -2.09. The molecule has 0 saturated carbocycles. The minimum atomic E-state index is -3.88. The van der Waals surface area contributed by atoms with E-state index in [4.69, 9.17) is 10.2 Å². The van der Waals surface area contributed by atoms with E-state index < -0.39 is 27.8 Å². The Morgan fingerprint density at radius 3 is 2.43 bits per heavy atom. The van der Waals surface area contributed by atoms with Crippen molar-refractivity contribution >= 4 is 21.9 Å². The molecule has 0 aliphatic carbocycles. The smallest absolute Gasteiger partial charge is 0.308 e. The number of likely N-dealkylation sites (tertiary alicyclic amines) is 1. The van der Waals surface area contributed by atoms with E-state index in [0.717, 1.165) is 0 Å². The van der Waals surface area contributed by atoms with Gasteiger partial charge in [-0.1, -0.05) is 6.92 Å². The van der Waals surface area contributed by atoms with Gasteiger partial charge in [-0.15, -0.1) is 0 Å². The molecule has 1 aromatic rings. The maximum absolute atomic E-state index is 12.4. The van der Waals surface area contributed by atoms with E-state index in [1.807, 2.05) is 0 Å². The van der Waals surface area contributed by atoms with Gasteiger partial charge in [-0.3, -0.25) is 9.59 Å². The van der Waals surface area contributed by atoms with E-state index in [1.165, 1.54) is 28.8 Å². The number of primary sulfonamides is 1. The molecule has 9 heteroatoms. The Morgan fingerprint density at radius 2 is 2.00 bits per heavy atom. The van der Waals surface area contributed by atoms with E-state index >= 15 is 0 Å². The van der Waals surface area contributed by atoms with Gasteiger partial charge in [0.05, 0.1) is 5.92 Å². The summed E-state index contributed by atoms with van der Waals surface area (Å²) in [6, 6.07) is 1.20. The fourth-order valence-electron chi connectivity index (χ4n) is 2.52. The molecule has 0 radical (unpaired) electrons. The summed E-state index contributed by atoms with van der Waals surface area (Å²) in [6.07, 6.45) is 1.26. The van der Waals surface area contributed by atoms with E-state index in [2.05, 4.69) is 0 Å². The second-order valence-electron chi connectivity index (χ2n) is 5.35. The Bertz CT molecular complexity index is 694. The largest absolute Gasteiger partial charge is 0.481 e. The van der Waals surface area contributed by atoms with E-state index in [9.17, 15) is 18.0 Å². The molecular formula is C12H17N3O5S. The second-order valence-corrected chi connectivity index (χ2v) is 6.91. The van der Waals surface area contributed by atoms with Gasteiger partial charge in [0, 0.05) is 26.3 Å². The number of carbonyl (C=O) groups is 2. The Hall–Kier alpha value is -1.87. The second kappa shape index (κ2) is 5.15. The maximum Gasteiger partial charge on any atom is 0.308 e.